The van der Waals surface area contributed by atoms with Gasteiger partial charge in [0.25, 0.3) is 0 Å². The van der Waals surface area contributed by atoms with Gasteiger partial charge in [0.05, 0.1) is 14.6 Å². The minimum Gasteiger partial charge on any atom is -0.240 e. The van der Waals surface area contributed by atoms with Crippen molar-refractivity contribution >= 4 is 9.73 Å². The SMILES string of the molecule is C=CS(=O)(=NCCCc1ccccc1)c1ccccc1. The van der Waals surface area contributed by atoms with Gasteiger partial charge in [0.2, 0.25) is 0 Å². The van der Waals surface area contributed by atoms with Crippen LogP contribution < -0.4 is 0 Å². The van der Waals surface area contributed by atoms with Crippen molar-refractivity contribution in [2.75, 3.05) is 6.54 Å². The Balaban J connectivity index is 2.02. The summed E-state index contributed by atoms with van der Waals surface area (Å²) in [6.07, 6.45) is 1.84. The van der Waals surface area contributed by atoms with Gasteiger partial charge in [-0.05, 0) is 30.5 Å². The second kappa shape index (κ2) is 7.06. The summed E-state index contributed by atoms with van der Waals surface area (Å²) in [6.45, 7) is 4.25. The maximum atomic E-state index is 12.7. The van der Waals surface area contributed by atoms with Crippen LogP contribution in [0.3, 0.4) is 0 Å². The van der Waals surface area contributed by atoms with Crippen LogP contribution in [0.1, 0.15) is 12.0 Å². The van der Waals surface area contributed by atoms with Crippen LogP contribution >= 0.6 is 0 Å². The molecule has 2 rings (SSSR count). The van der Waals surface area contributed by atoms with Gasteiger partial charge >= 0.3 is 0 Å². The number of nitrogens with zero attached hydrogens (tertiary/aromatic N) is 1. The van der Waals surface area contributed by atoms with Crippen LogP contribution in [0.4, 0.5) is 0 Å². The van der Waals surface area contributed by atoms with E-state index in [-0.39, 0.29) is 0 Å². The van der Waals surface area contributed by atoms with Crippen molar-refractivity contribution < 1.29 is 4.21 Å². The normalized spacial score (nSPS) is 13.4. The third-order valence-corrected chi connectivity index (χ3v) is 5.02. The molecule has 0 saturated carbocycles. The van der Waals surface area contributed by atoms with Crippen molar-refractivity contribution in [1.29, 1.82) is 0 Å². The van der Waals surface area contributed by atoms with Gasteiger partial charge in [-0.1, -0.05) is 55.1 Å². The van der Waals surface area contributed by atoms with Gasteiger partial charge in [-0.3, -0.25) is 0 Å². The molecule has 0 saturated heterocycles. The summed E-state index contributed by atoms with van der Waals surface area (Å²) in [5.41, 5.74) is 1.28. The summed E-state index contributed by atoms with van der Waals surface area (Å²) in [5.74, 6) is 0. The molecule has 1 atom stereocenters. The molecule has 0 spiro atoms. The molecule has 0 aromatic heterocycles. The predicted molar refractivity (Wildman–Crippen MR) is 85.1 cm³/mol. The van der Waals surface area contributed by atoms with E-state index in [0.29, 0.717) is 6.54 Å². The van der Waals surface area contributed by atoms with Crippen LogP contribution in [-0.4, -0.2) is 10.8 Å². The predicted octanol–water partition coefficient (Wildman–Crippen LogP) is 4.29. The highest BCUT2D eigenvalue weighted by atomic mass is 32.2. The molecule has 0 aliphatic heterocycles. The van der Waals surface area contributed by atoms with Crippen LogP contribution in [0, 0.1) is 0 Å². The second-order valence-corrected chi connectivity index (χ2v) is 6.69. The van der Waals surface area contributed by atoms with E-state index >= 15 is 0 Å². The molecular weight excluding hydrogens is 266 g/mol. The molecule has 0 fully saturated rings. The van der Waals surface area contributed by atoms with E-state index in [1.807, 2.05) is 48.5 Å². The average Bonchev–Trinajstić information content (AvgIpc) is 2.53. The number of rotatable bonds is 6. The summed E-state index contributed by atoms with van der Waals surface area (Å²) in [5, 5.41) is 1.46. The quantitative estimate of drug-likeness (QED) is 0.728. The topological polar surface area (TPSA) is 29.4 Å². The fourth-order valence-corrected chi connectivity index (χ4v) is 3.36. The second-order valence-electron chi connectivity index (χ2n) is 4.49. The molecule has 0 heterocycles. The van der Waals surface area contributed by atoms with Crippen molar-refractivity contribution in [3.63, 3.8) is 0 Å². The minimum atomic E-state index is -2.47. The molecular formula is C17H19NOS. The molecule has 0 amide bonds. The van der Waals surface area contributed by atoms with Crippen molar-refractivity contribution in [3.8, 4) is 0 Å². The van der Waals surface area contributed by atoms with Crippen molar-refractivity contribution in [2.24, 2.45) is 4.36 Å². The van der Waals surface area contributed by atoms with Gasteiger partial charge in [-0.2, -0.15) is 0 Å². The van der Waals surface area contributed by atoms with E-state index in [4.69, 9.17) is 0 Å². The molecule has 0 aliphatic carbocycles. The Kier molecular flexibility index (Phi) is 5.13. The summed E-state index contributed by atoms with van der Waals surface area (Å²) in [7, 11) is -2.47. The van der Waals surface area contributed by atoms with E-state index in [1.54, 1.807) is 0 Å². The zero-order chi connectivity index (χ0) is 14.3. The lowest BCUT2D eigenvalue weighted by Gasteiger charge is -2.05. The Bertz CT molecular complexity index is 656. The first kappa shape index (κ1) is 14.5. The van der Waals surface area contributed by atoms with Crippen LogP contribution in [-0.2, 0) is 16.1 Å². The average molecular weight is 285 g/mol. The lowest BCUT2D eigenvalue weighted by Crippen LogP contribution is -1.98. The fourth-order valence-electron chi connectivity index (χ4n) is 1.97. The molecule has 2 aromatic rings. The summed E-state index contributed by atoms with van der Waals surface area (Å²) in [4.78, 5) is 0.731. The maximum Gasteiger partial charge on any atom is 0.0963 e. The van der Waals surface area contributed by atoms with Crippen molar-refractivity contribution in [1.82, 2.24) is 0 Å². The third kappa shape index (κ3) is 3.81. The summed E-state index contributed by atoms with van der Waals surface area (Å²) >= 11 is 0. The van der Waals surface area contributed by atoms with E-state index in [2.05, 4.69) is 23.1 Å². The van der Waals surface area contributed by atoms with Crippen LogP contribution in [0.5, 0.6) is 0 Å². The van der Waals surface area contributed by atoms with Gasteiger partial charge < -0.3 is 0 Å². The fraction of sp³-hybridized carbons (Fsp3) is 0.176. The largest absolute Gasteiger partial charge is 0.240 e. The highest BCUT2D eigenvalue weighted by molar-refractivity contribution is 7.96. The first-order valence-electron chi connectivity index (χ1n) is 6.69. The zero-order valence-electron chi connectivity index (χ0n) is 11.4. The first-order valence-corrected chi connectivity index (χ1v) is 8.27. The first-order chi connectivity index (χ1) is 9.74. The van der Waals surface area contributed by atoms with Gasteiger partial charge in [-0.25, -0.2) is 8.57 Å². The highest BCUT2D eigenvalue weighted by Gasteiger charge is 2.06. The molecule has 2 aromatic carbocycles. The smallest absolute Gasteiger partial charge is 0.0963 e. The maximum absolute atomic E-state index is 12.7. The van der Waals surface area contributed by atoms with E-state index < -0.39 is 9.73 Å². The molecule has 3 heteroatoms. The van der Waals surface area contributed by atoms with Gasteiger partial charge in [-0.15, -0.1) is 0 Å². The molecule has 1 unspecified atom stereocenters. The van der Waals surface area contributed by atoms with Crippen molar-refractivity contribution in [2.45, 2.75) is 17.7 Å². The van der Waals surface area contributed by atoms with Gasteiger partial charge in [0, 0.05) is 12.0 Å². The molecule has 0 N–H and O–H groups in total. The number of hydrogen-bond donors (Lipinski definition) is 0. The number of aryl methyl sites for hydroxylation is 1. The number of benzene rings is 2. The monoisotopic (exact) mass is 285 g/mol. The van der Waals surface area contributed by atoms with Gasteiger partial charge in [0.15, 0.2) is 0 Å². The molecule has 20 heavy (non-hydrogen) atoms. The molecule has 0 aliphatic rings. The molecule has 0 radical (unpaired) electrons. The Morgan fingerprint density at radius 1 is 1.00 bits per heavy atom. The molecule has 104 valence electrons. The molecule has 0 bridgehead atoms. The minimum absolute atomic E-state index is 0.578. The van der Waals surface area contributed by atoms with E-state index in [1.165, 1.54) is 11.0 Å². The van der Waals surface area contributed by atoms with Crippen molar-refractivity contribution in [3.05, 3.63) is 78.2 Å². The Hall–Kier alpha value is -1.87. The number of hydrogen-bond acceptors (Lipinski definition) is 2. The Morgan fingerprint density at radius 3 is 2.20 bits per heavy atom. The molecule has 2 nitrogen and oxygen atoms in total. The highest BCUT2D eigenvalue weighted by Crippen LogP contribution is 2.14. The van der Waals surface area contributed by atoms with Gasteiger partial charge in [0.1, 0.15) is 0 Å². The summed E-state index contributed by atoms with van der Waals surface area (Å²) < 4.78 is 17.1. The van der Waals surface area contributed by atoms with E-state index in [9.17, 15) is 4.21 Å². The summed E-state index contributed by atoms with van der Waals surface area (Å²) in [6, 6.07) is 19.6. The lowest BCUT2D eigenvalue weighted by atomic mass is 10.1. The zero-order valence-corrected chi connectivity index (χ0v) is 12.3. The van der Waals surface area contributed by atoms with Crippen LogP contribution in [0.2, 0.25) is 0 Å². The Labute approximate surface area is 121 Å². The lowest BCUT2D eigenvalue weighted by molar-refractivity contribution is 0.679. The third-order valence-electron chi connectivity index (χ3n) is 3.06. The van der Waals surface area contributed by atoms with Crippen LogP contribution in [0.25, 0.3) is 0 Å². The van der Waals surface area contributed by atoms with Crippen LogP contribution in [0.15, 0.2) is 81.9 Å². The van der Waals surface area contributed by atoms with E-state index in [0.717, 1.165) is 17.7 Å². The standard InChI is InChI=1S/C17H19NOS/c1-2-20(19,17-13-7-4-8-14-17)18-15-9-12-16-10-5-3-6-11-16/h2-8,10-11,13-14H,1,9,12,15H2. The Morgan fingerprint density at radius 2 is 1.60 bits per heavy atom.